The number of benzene rings is 3. The average molecular weight is 524 g/mol. The third-order valence-corrected chi connectivity index (χ3v) is 7.01. The highest BCUT2D eigenvalue weighted by Gasteiger charge is 2.23. The van der Waals surface area contributed by atoms with Gasteiger partial charge in [0.1, 0.15) is 5.75 Å². The van der Waals surface area contributed by atoms with Gasteiger partial charge in [0, 0.05) is 65.9 Å². The molecular formula is C32H30ClN3O2. The van der Waals surface area contributed by atoms with Gasteiger partial charge in [-0.2, -0.15) is 0 Å². The molecule has 0 aliphatic rings. The highest BCUT2D eigenvalue weighted by atomic mass is 35.5. The molecule has 38 heavy (non-hydrogen) atoms. The maximum absolute atomic E-state index is 13.2. The lowest BCUT2D eigenvalue weighted by Crippen LogP contribution is -2.27. The van der Waals surface area contributed by atoms with Gasteiger partial charge < -0.3 is 14.6 Å². The molecule has 3 aromatic carbocycles. The number of pyridine rings is 1. The molecule has 0 spiro atoms. The van der Waals surface area contributed by atoms with Crippen molar-refractivity contribution in [1.29, 1.82) is 0 Å². The van der Waals surface area contributed by atoms with Crippen LogP contribution in [0.15, 0.2) is 103 Å². The van der Waals surface area contributed by atoms with Crippen LogP contribution in [-0.2, 0) is 17.8 Å². The van der Waals surface area contributed by atoms with Gasteiger partial charge >= 0.3 is 0 Å². The first-order valence-electron chi connectivity index (χ1n) is 12.7. The maximum Gasteiger partial charge on any atom is 0.220 e. The Morgan fingerprint density at radius 3 is 2.58 bits per heavy atom. The molecular weight excluding hydrogens is 494 g/mol. The summed E-state index contributed by atoms with van der Waals surface area (Å²) in [6.45, 7) is 1.25. The number of amides is 1. The molecule has 0 radical (unpaired) electrons. The number of aromatic nitrogens is 2. The molecule has 1 amide bonds. The average Bonchev–Trinajstić information content (AvgIpc) is 3.30. The van der Waals surface area contributed by atoms with Gasteiger partial charge in [-0.3, -0.25) is 9.78 Å². The molecule has 0 aliphatic carbocycles. The number of carbonyl (C=O) groups is 1. The zero-order valence-corrected chi connectivity index (χ0v) is 22.1. The molecule has 6 heteroatoms. The van der Waals surface area contributed by atoms with Crippen LogP contribution in [-0.4, -0.2) is 29.1 Å². The number of hydrogen-bond acceptors (Lipinski definition) is 3. The number of nitrogens with one attached hydrogen (secondary N) is 1. The minimum absolute atomic E-state index is 0.00195. The minimum Gasteiger partial charge on any atom is -0.497 e. The van der Waals surface area contributed by atoms with Crippen molar-refractivity contribution >= 4 is 28.4 Å². The summed E-state index contributed by atoms with van der Waals surface area (Å²) < 4.78 is 7.57. The molecule has 5 aromatic rings. The second-order valence-electron chi connectivity index (χ2n) is 9.31. The first-order valence-corrected chi connectivity index (χ1v) is 13.1. The standard InChI is InChI=1S/C32H30ClN3O2/c1-38-27-14-12-23(13-15-27)21-36-22-30(28-10-2-3-11-31(28)36)29(24-7-6-8-25(33)19-24)20-32(37)35-18-16-26-9-4-5-17-34-26/h2-15,17,19,22,29H,16,18,20-21H2,1H3,(H,35,37)/t29-/m0/s1. The molecule has 1 N–H and O–H groups in total. The van der Waals surface area contributed by atoms with Crippen LogP contribution < -0.4 is 10.1 Å². The first-order chi connectivity index (χ1) is 18.6. The second kappa shape index (κ2) is 12.0. The summed E-state index contributed by atoms with van der Waals surface area (Å²) in [5.74, 6) is 0.686. The molecule has 2 aromatic heterocycles. The summed E-state index contributed by atoms with van der Waals surface area (Å²) >= 11 is 6.40. The van der Waals surface area contributed by atoms with Crippen molar-refractivity contribution in [2.75, 3.05) is 13.7 Å². The Bertz CT molecular complexity index is 1510. The van der Waals surface area contributed by atoms with Crippen LogP contribution in [0.3, 0.4) is 0 Å². The quantitative estimate of drug-likeness (QED) is 0.223. The van der Waals surface area contributed by atoms with E-state index in [0.29, 0.717) is 31.0 Å². The van der Waals surface area contributed by atoms with Gasteiger partial charge in [0.15, 0.2) is 0 Å². The topological polar surface area (TPSA) is 56.1 Å². The summed E-state index contributed by atoms with van der Waals surface area (Å²) in [6.07, 6.45) is 4.96. The summed E-state index contributed by atoms with van der Waals surface area (Å²) in [7, 11) is 1.67. The number of hydrogen-bond donors (Lipinski definition) is 1. The van der Waals surface area contributed by atoms with Crippen molar-refractivity contribution in [1.82, 2.24) is 14.9 Å². The monoisotopic (exact) mass is 523 g/mol. The van der Waals surface area contributed by atoms with Crippen molar-refractivity contribution in [2.45, 2.75) is 25.3 Å². The van der Waals surface area contributed by atoms with E-state index in [0.717, 1.165) is 33.5 Å². The van der Waals surface area contributed by atoms with Gasteiger partial charge in [-0.15, -0.1) is 0 Å². The van der Waals surface area contributed by atoms with Crippen LogP contribution in [0.25, 0.3) is 10.9 Å². The Morgan fingerprint density at radius 2 is 1.82 bits per heavy atom. The summed E-state index contributed by atoms with van der Waals surface area (Å²) in [5.41, 5.74) is 5.38. The number of methoxy groups -OCH3 is 1. The number of carbonyl (C=O) groups excluding carboxylic acids is 1. The van der Waals surface area contributed by atoms with Gasteiger partial charge in [0.2, 0.25) is 5.91 Å². The van der Waals surface area contributed by atoms with Crippen LogP contribution in [0, 0.1) is 0 Å². The van der Waals surface area contributed by atoms with Gasteiger partial charge in [-0.1, -0.05) is 60.1 Å². The van der Waals surface area contributed by atoms with Crippen molar-refractivity contribution < 1.29 is 9.53 Å². The lowest BCUT2D eigenvalue weighted by Gasteiger charge is -2.18. The van der Waals surface area contributed by atoms with Crippen molar-refractivity contribution in [3.63, 3.8) is 0 Å². The highest BCUT2D eigenvalue weighted by molar-refractivity contribution is 6.30. The molecule has 0 unspecified atom stereocenters. The normalized spacial score (nSPS) is 11.8. The van der Waals surface area contributed by atoms with Gasteiger partial charge in [-0.05, 0) is 59.2 Å². The molecule has 0 bridgehead atoms. The van der Waals surface area contributed by atoms with Gasteiger partial charge in [-0.25, -0.2) is 0 Å². The molecule has 0 saturated heterocycles. The van der Waals surface area contributed by atoms with E-state index < -0.39 is 0 Å². The largest absolute Gasteiger partial charge is 0.497 e. The number of nitrogens with zero attached hydrogens (tertiary/aromatic N) is 2. The Balaban J connectivity index is 1.44. The summed E-state index contributed by atoms with van der Waals surface area (Å²) in [5, 5.41) is 4.88. The van der Waals surface area contributed by atoms with E-state index in [-0.39, 0.29) is 11.8 Å². The summed E-state index contributed by atoms with van der Waals surface area (Å²) in [6, 6.07) is 30.1. The number of rotatable bonds is 10. The molecule has 192 valence electrons. The number of ether oxygens (including phenoxy) is 1. The Labute approximate surface area is 228 Å². The van der Waals surface area contributed by atoms with Crippen molar-refractivity contribution in [2.24, 2.45) is 0 Å². The van der Waals surface area contributed by atoms with Crippen molar-refractivity contribution in [3.8, 4) is 5.75 Å². The van der Waals surface area contributed by atoms with Crippen molar-refractivity contribution in [3.05, 3.63) is 131 Å². The van der Waals surface area contributed by atoms with E-state index in [1.54, 1.807) is 13.3 Å². The van der Waals surface area contributed by atoms with E-state index in [1.807, 2.05) is 60.7 Å². The molecule has 0 fully saturated rings. The predicted octanol–water partition coefficient (Wildman–Crippen LogP) is 6.63. The zero-order valence-electron chi connectivity index (χ0n) is 21.3. The Kier molecular flexibility index (Phi) is 8.05. The maximum atomic E-state index is 13.2. The zero-order chi connectivity index (χ0) is 26.3. The number of para-hydroxylation sites is 1. The van der Waals surface area contributed by atoms with Crippen LogP contribution in [0.2, 0.25) is 5.02 Å². The minimum atomic E-state index is -0.148. The van der Waals surface area contributed by atoms with Crippen LogP contribution in [0.1, 0.15) is 34.7 Å². The molecule has 0 saturated carbocycles. The van der Waals surface area contributed by atoms with E-state index in [2.05, 4.69) is 51.4 Å². The summed E-state index contributed by atoms with van der Waals surface area (Å²) in [4.78, 5) is 17.5. The molecule has 0 aliphatic heterocycles. The fourth-order valence-corrected chi connectivity index (χ4v) is 5.07. The van der Waals surface area contributed by atoms with Gasteiger partial charge in [0.05, 0.1) is 7.11 Å². The van der Waals surface area contributed by atoms with E-state index >= 15 is 0 Å². The van der Waals surface area contributed by atoms with Crippen LogP contribution >= 0.6 is 11.6 Å². The van der Waals surface area contributed by atoms with E-state index in [4.69, 9.17) is 16.3 Å². The SMILES string of the molecule is COc1ccc(Cn2cc([C@@H](CC(=O)NCCc3ccccn3)c3cccc(Cl)c3)c3ccccc32)cc1. The first kappa shape index (κ1) is 25.6. The molecule has 5 rings (SSSR count). The Morgan fingerprint density at radius 1 is 1.00 bits per heavy atom. The third-order valence-electron chi connectivity index (χ3n) is 6.78. The number of halogens is 1. The van der Waals surface area contributed by atoms with Crippen LogP contribution in [0.5, 0.6) is 5.75 Å². The fraction of sp³-hybridized carbons (Fsp3) is 0.188. The number of fused-ring (bicyclic) bond motifs is 1. The smallest absolute Gasteiger partial charge is 0.220 e. The molecule has 5 nitrogen and oxygen atoms in total. The van der Waals surface area contributed by atoms with Crippen LogP contribution in [0.4, 0.5) is 0 Å². The highest BCUT2D eigenvalue weighted by Crippen LogP contribution is 2.36. The molecule has 1 atom stereocenters. The Hall–Kier alpha value is -4.09. The lowest BCUT2D eigenvalue weighted by atomic mass is 9.88. The predicted molar refractivity (Wildman–Crippen MR) is 153 cm³/mol. The second-order valence-corrected chi connectivity index (χ2v) is 9.75. The van der Waals surface area contributed by atoms with Gasteiger partial charge in [0.25, 0.3) is 0 Å². The lowest BCUT2D eigenvalue weighted by molar-refractivity contribution is -0.121. The fourth-order valence-electron chi connectivity index (χ4n) is 4.88. The van der Waals surface area contributed by atoms with E-state index in [1.165, 1.54) is 5.56 Å². The van der Waals surface area contributed by atoms with E-state index in [9.17, 15) is 4.79 Å². The molecule has 2 heterocycles. The third kappa shape index (κ3) is 6.06.